The molecule has 1 unspecified atom stereocenters. The van der Waals surface area contributed by atoms with E-state index in [9.17, 15) is 4.79 Å². The van der Waals surface area contributed by atoms with E-state index in [4.69, 9.17) is 6.57 Å². The van der Waals surface area contributed by atoms with Crippen LogP contribution in [0.3, 0.4) is 0 Å². The number of imidazole rings is 1. The molecule has 2 aromatic rings. The van der Waals surface area contributed by atoms with Crippen LogP contribution in [0, 0.1) is 12.0 Å². The number of aromatic amines is 1. The Kier molecular flexibility index (Phi) is 7.27. The monoisotopic (exact) mass is 486 g/mol. The maximum absolute atomic E-state index is 13.0. The molecule has 2 heterocycles. The highest BCUT2D eigenvalue weighted by atomic mass is 16.2. The Bertz CT molecular complexity index is 1160. The lowest BCUT2D eigenvalue weighted by Gasteiger charge is -2.38. The highest BCUT2D eigenvalue weighted by molar-refractivity contribution is 6.03. The Labute approximate surface area is 214 Å². The number of hydrogen-bond acceptors (Lipinski definition) is 4. The number of likely N-dealkylation sites (N-methyl/N-ethyl adjacent to an activating group) is 1. The van der Waals surface area contributed by atoms with E-state index < -0.39 is 0 Å². The summed E-state index contributed by atoms with van der Waals surface area (Å²) in [6.07, 6.45) is 12.7. The lowest BCUT2D eigenvalue weighted by Crippen LogP contribution is -2.46. The van der Waals surface area contributed by atoms with E-state index in [1.54, 1.807) is 0 Å². The standard InChI is InChI=1S/C29H38N6O/c1-4-34-15-17-35(18-16-34)21(2)23-7-8-25(32-28(36)27-31-20-26(30-3)33-27)24(19-23)22-9-13-29(14-10-22)11-5-6-12-29/h7-9,19-21H,4-6,10-18H2,1-2H3,(H,31,33)(H,32,36). The molecule has 1 amide bonds. The SMILES string of the molecule is [C-]#[N+]c1cnc(C(=O)Nc2ccc(C(C)N3CCN(CC)CC3)cc2C2=CCC3(CCCC3)CC2)[nH]1. The first-order chi connectivity index (χ1) is 17.5. The molecule has 5 rings (SSSR count). The maximum atomic E-state index is 13.0. The van der Waals surface area contributed by atoms with Crippen LogP contribution in [0.1, 0.15) is 86.6 Å². The summed E-state index contributed by atoms with van der Waals surface area (Å²) in [5.41, 5.74) is 5.09. The molecule has 3 aliphatic rings. The summed E-state index contributed by atoms with van der Waals surface area (Å²) in [4.78, 5) is 28.3. The summed E-state index contributed by atoms with van der Waals surface area (Å²) < 4.78 is 0. The molecule has 1 saturated heterocycles. The Balaban J connectivity index is 1.41. The third-order valence-electron chi connectivity index (χ3n) is 8.79. The lowest BCUT2D eigenvalue weighted by atomic mass is 9.72. The first kappa shape index (κ1) is 24.7. The molecule has 7 nitrogen and oxygen atoms in total. The van der Waals surface area contributed by atoms with Crippen LogP contribution >= 0.6 is 0 Å². The molecule has 1 aliphatic heterocycles. The fraction of sp³-hybridized carbons (Fsp3) is 0.552. The molecular weight excluding hydrogens is 448 g/mol. The average Bonchev–Trinajstić information content (AvgIpc) is 3.59. The second kappa shape index (κ2) is 10.6. The number of nitrogens with zero attached hydrogens (tertiary/aromatic N) is 4. The Morgan fingerprint density at radius 2 is 2.00 bits per heavy atom. The fourth-order valence-corrected chi connectivity index (χ4v) is 6.31. The number of aromatic nitrogens is 2. The fourth-order valence-electron chi connectivity index (χ4n) is 6.31. The predicted octanol–water partition coefficient (Wildman–Crippen LogP) is 6.04. The molecule has 7 heteroatoms. The Morgan fingerprint density at radius 1 is 1.22 bits per heavy atom. The van der Waals surface area contributed by atoms with Crippen molar-refractivity contribution < 1.29 is 4.79 Å². The van der Waals surface area contributed by atoms with E-state index in [1.165, 1.54) is 49.4 Å². The van der Waals surface area contributed by atoms with E-state index in [0.29, 0.717) is 11.5 Å². The number of anilines is 1. The summed E-state index contributed by atoms with van der Waals surface area (Å²) in [6, 6.07) is 6.84. The van der Waals surface area contributed by atoms with Crippen molar-refractivity contribution in [2.45, 2.75) is 64.8 Å². The highest BCUT2D eigenvalue weighted by Crippen LogP contribution is 2.50. The smallest absolute Gasteiger partial charge is 0.314 e. The van der Waals surface area contributed by atoms with E-state index in [0.717, 1.165) is 56.8 Å². The van der Waals surface area contributed by atoms with Gasteiger partial charge in [0.1, 0.15) is 0 Å². The van der Waals surface area contributed by atoms with Gasteiger partial charge >= 0.3 is 5.91 Å². The zero-order chi connectivity index (χ0) is 25.1. The third-order valence-corrected chi connectivity index (χ3v) is 8.79. The summed E-state index contributed by atoms with van der Waals surface area (Å²) in [6.45, 7) is 17.2. The molecule has 36 heavy (non-hydrogen) atoms. The molecule has 1 spiro atoms. The maximum Gasteiger partial charge on any atom is 0.314 e. The van der Waals surface area contributed by atoms with Gasteiger partial charge in [-0.25, -0.2) is 4.98 Å². The molecule has 190 valence electrons. The second-order valence-corrected chi connectivity index (χ2v) is 10.8. The number of rotatable bonds is 6. The zero-order valence-electron chi connectivity index (χ0n) is 21.6. The van der Waals surface area contributed by atoms with Crippen molar-refractivity contribution in [3.8, 4) is 0 Å². The van der Waals surface area contributed by atoms with Gasteiger partial charge in [0.15, 0.2) is 0 Å². The quantitative estimate of drug-likeness (QED) is 0.489. The van der Waals surface area contributed by atoms with Gasteiger partial charge in [0.25, 0.3) is 5.82 Å². The number of benzene rings is 1. The second-order valence-electron chi connectivity index (χ2n) is 10.8. The summed E-state index contributed by atoms with van der Waals surface area (Å²) in [7, 11) is 0. The van der Waals surface area contributed by atoms with Gasteiger partial charge in [0, 0.05) is 43.5 Å². The molecule has 1 aromatic carbocycles. The lowest BCUT2D eigenvalue weighted by molar-refractivity contribution is 0.101. The van der Waals surface area contributed by atoms with Crippen molar-refractivity contribution in [1.29, 1.82) is 0 Å². The molecule has 0 bridgehead atoms. The van der Waals surface area contributed by atoms with Crippen LogP contribution in [0.4, 0.5) is 11.5 Å². The van der Waals surface area contributed by atoms with Crippen molar-refractivity contribution >= 4 is 23.0 Å². The minimum Gasteiger partial charge on any atom is -0.363 e. The van der Waals surface area contributed by atoms with E-state index >= 15 is 0 Å². The van der Waals surface area contributed by atoms with Crippen LogP contribution in [0.25, 0.3) is 10.4 Å². The normalized spacial score (nSPS) is 21.2. The molecular formula is C29H38N6O. The van der Waals surface area contributed by atoms with Gasteiger partial charge in [-0.05, 0) is 74.3 Å². The molecule has 2 N–H and O–H groups in total. The van der Waals surface area contributed by atoms with Crippen molar-refractivity contribution in [2.75, 3.05) is 38.0 Å². The average molecular weight is 487 g/mol. The highest BCUT2D eigenvalue weighted by Gasteiger charge is 2.35. The van der Waals surface area contributed by atoms with E-state index in [1.807, 2.05) is 0 Å². The number of hydrogen-bond donors (Lipinski definition) is 2. The number of allylic oxidation sites excluding steroid dienone is 2. The third kappa shape index (κ3) is 5.11. The molecule has 2 aliphatic carbocycles. The van der Waals surface area contributed by atoms with E-state index in [-0.39, 0.29) is 17.5 Å². The number of carbonyl (C=O) groups excluding carboxylic acids is 1. The van der Waals surface area contributed by atoms with Gasteiger partial charge in [-0.3, -0.25) is 14.7 Å². The minimum atomic E-state index is -0.314. The van der Waals surface area contributed by atoms with Crippen LogP contribution < -0.4 is 5.32 Å². The van der Waals surface area contributed by atoms with Gasteiger partial charge < -0.3 is 15.1 Å². The summed E-state index contributed by atoms with van der Waals surface area (Å²) in [5.74, 6) is 0.122. The molecule has 1 atom stereocenters. The van der Waals surface area contributed by atoms with Gasteiger partial charge in [0.05, 0.1) is 6.20 Å². The summed E-state index contributed by atoms with van der Waals surface area (Å²) in [5, 5.41) is 3.08. The van der Waals surface area contributed by atoms with Crippen molar-refractivity contribution in [3.63, 3.8) is 0 Å². The Hall–Kier alpha value is -2.95. The number of piperazine rings is 1. The molecule has 0 radical (unpaired) electrons. The van der Waals surface area contributed by atoms with Crippen LogP contribution in [-0.2, 0) is 0 Å². The van der Waals surface area contributed by atoms with Gasteiger partial charge in [-0.15, -0.1) is 0 Å². The first-order valence-electron chi connectivity index (χ1n) is 13.5. The van der Waals surface area contributed by atoms with Crippen LogP contribution in [0.5, 0.6) is 0 Å². The number of H-pyrrole nitrogens is 1. The number of amides is 1. The predicted molar refractivity (Wildman–Crippen MR) is 144 cm³/mol. The van der Waals surface area contributed by atoms with Crippen molar-refractivity contribution in [1.82, 2.24) is 19.8 Å². The van der Waals surface area contributed by atoms with Gasteiger partial charge in [-0.2, -0.15) is 0 Å². The molecule has 1 aromatic heterocycles. The van der Waals surface area contributed by atoms with Gasteiger partial charge in [-0.1, -0.05) is 38.5 Å². The van der Waals surface area contributed by atoms with Crippen molar-refractivity contribution in [3.05, 3.63) is 58.8 Å². The first-order valence-corrected chi connectivity index (χ1v) is 13.5. The number of carbonyl (C=O) groups is 1. The summed E-state index contributed by atoms with van der Waals surface area (Å²) >= 11 is 0. The molecule has 1 saturated carbocycles. The Morgan fingerprint density at radius 3 is 2.64 bits per heavy atom. The number of nitrogens with one attached hydrogen (secondary N) is 2. The largest absolute Gasteiger partial charge is 0.363 e. The van der Waals surface area contributed by atoms with E-state index in [2.05, 4.69) is 68.1 Å². The van der Waals surface area contributed by atoms with Crippen LogP contribution in [0.15, 0.2) is 30.5 Å². The molecule has 2 fully saturated rings. The van der Waals surface area contributed by atoms with Gasteiger partial charge in [0.2, 0.25) is 5.82 Å². The topological polar surface area (TPSA) is 68.6 Å². The van der Waals surface area contributed by atoms with Crippen LogP contribution in [0.2, 0.25) is 0 Å². The van der Waals surface area contributed by atoms with Crippen molar-refractivity contribution in [2.24, 2.45) is 5.41 Å². The van der Waals surface area contributed by atoms with Crippen LogP contribution in [-0.4, -0.2) is 58.4 Å². The zero-order valence-corrected chi connectivity index (χ0v) is 21.6. The minimum absolute atomic E-state index is 0.167.